The number of hydrogen-bond acceptors (Lipinski definition) is 4. The van der Waals surface area contributed by atoms with E-state index in [0.717, 1.165) is 34.5 Å². The van der Waals surface area contributed by atoms with Crippen LogP contribution in [0.2, 0.25) is 0 Å². The first kappa shape index (κ1) is 16.3. The van der Waals surface area contributed by atoms with Gasteiger partial charge in [0.05, 0.1) is 10.6 Å². The number of aryl methyl sites for hydroxylation is 1. The Labute approximate surface area is 145 Å². The van der Waals surface area contributed by atoms with Gasteiger partial charge in [-0.2, -0.15) is 0 Å². The second kappa shape index (κ2) is 7.36. The van der Waals surface area contributed by atoms with Crippen molar-refractivity contribution in [1.82, 2.24) is 9.97 Å². The normalized spacial score (nSPS) is 10.6. The van der Waals surface area contributed by atoms with Gasteiger partial charge in [-0.15, -0.1) is 0 Å². The third kappa shape index (κ3) is 3.68. The third-order valence-corrected chi connectivity index (χ3v) is 4.64. The molecule has 0 radical (unpaired) electrons. The number of carbonyl (C=O) groups is 1. The highest BCUT2D eigenvalue weighted by Gasteiger charge is 2.15. The van der Waals surface area contributed by atoms with Crippen molar-refractivity contribution in [2.45, 2.75) is 26.7 Å². The molecule has 24 heavy (non-hydrogen) atoms. The van der Waals surface area contributed by atoms with Crippen LogP contribution in [0.4, 0.5) is 5.13 Å². The summed E-state index contributed by atoms with van der Waals surface area (Å²) in [6.45, 7) is 3.67. The maximum Gasteiger partial charge on any atom is 0.223 e. The standard InChI is InChI=1S/C19H19N3OS/c1-3-4-14-5-7-15(8-6-14)17-18(16-9-11-20-12-10-16)24-19(22-17)21-13(2)23/h5-12H,3-4H2,1-2H3,(H,21,22,23). The zero-order valence-electron chi connectivity index (χ0n) is 13.7. The SMILES string of the molecule is CCCc1ccc(-c2nc(NC(C)=O)sc2-c2ccncc2)cc1. The fraction of sp³-hybridized carbons (Fsp3) is 0.211. The lowest BCUT2D eigenvalue weighted by molar-refractivity contribution is -0.114. The molecule has 0 unspecified atom stereocenters. The van der Waals surface area contributed by atoms with Gasteiger partial charge in [0.2, 0.25) is 5.91 Å². The molecule has 5 heteroatoms. The van der Waals surface area contributed by atoms with Crippen LogP contribution in [0.15, 0.2) is 48.8 Å². The van der Waals surface area contributed by atoms with Gasteiger partial charge in [0, 0.05) is 24.9 Å². The Morgan fingerprint density at radius 2 is 1.79 bits per heavy atom. The average molecular weight is 337 g/mol. The van der Waals surface area contributed by atoms with Gasteiger partial charge in [0.25, 0.3) is 0 Å². The van der Waals surface area contributed by atoms with E-state index in [1.54, 1.807) is 12.4 Å². The Morgan fingerprint density at radius 1 is 1.08 bits per heavy atom. The van der Waals surface area contributed by atoms with Gasteiger partial charge >= 0.3 is 0 Å². The summed E-state index contributed by atoms with van der Waals surface area (Å²) in [6, 6.07) is 12.4. The summed E-state index contributed by atoms with van der Waals surface area (Å²) in [7, 11) is 0. The Balaban J connectivity index is 2.04. The number of hydrogen-bond donors (Lipinski definition) is 1. The van der Waals surface area contributed by atoms with E-state index in [-0.39, 0.29) is 5.91 Å². The lowest BCUT2D eigenvalue weighted by Gasteiger charge is -2.04. The van der Waals surface area contributed by atoms with Crippen LogP contribution >= 0.6 is 11.3 Å². The molecule has 0 aliphatic heterocycles. The second-order valence-electron chi connectivity index (χ2n) is 5.56. The largest absolute Gasteiger partial charge is 0.302 e. The van der Waals surface area contributed by atoms with Gasteiger partial charge in [-0.25, -0.2) is 4.98 Å². The predicted octanol–water partition coefficient (Wildman–Crippen LogP) is 4.78. The summed E-state index contributed by atoms with van der Waals surface area (Å²) in [6.07, 6.45) is 5.74. The van der Waals surface area contributed by atoms with E-state index in [1.165, 1.54) is 23.8 Å². The molecule has 3 rings (SSSR count). The lowest BCUT2D eigenvalue weighted by atomic mass is 10.0. The molecule has 1 amide bonds. The minimum atomic E-state index is -0.116. The molecule has 0 saturated carbocycles. The quantitative estimate of drug-likeness (QED) is 0.729. The number of amides is 1. The van der Waals surface area contributed by atoms with Crippen LogP contribution in [0, 0.1) is 0 Å². The number of rotatable bonds is 5. The number of carbonyl (C=O) groups excluding carboxylic acids is 1. The minimum Gasteiger partial charge on any atom is -0.302 e. The van der Waals surface area contributed by atoms with E-state index in [9.17, 15) is 4.79 Å². The van der Waals surface area contributed by atoms with E-state index in [2.05, 4.69) is 46.5 Å². The van der Waals surface area contributed by atoms with Crippen molar-refractivity contribution in [2.24, 2.45) is 0 Å². The summed E-state index contributed by atoms with van der Waals surface area (Å²) in [5.74, 6) is -0.116. The first-order chi connectivity index (χ1) is 11.7. The minimum absolute atomic E-state index is 0.116. The number of thiazole rings is 1. The molecule has 0 fully saturated rings. The van der Waals surface area contributed by atoms with Crippen molar-refractivity contribution in [3.8, 4) is 21.7 Å². The van der Waals surface area contributed by atoms with Crippen molar-refractivity contribution < 1.29 is 4.79 Å². The summed E-state index contributed by atoms with van der Waals surface area (Å²) in [5, 5.41) is 3.40. The molecule has 0 aliphatic rings. The van der Waals surface area contributed by atoms with Crippen molar-refractivity contribution in [3.63, 3.8) is 0 Å². The van der Waals surface area contributed by atoms with Gasteiger partial charge in [0.15, 0.2) is 5.13 Å². The van der Waals surface area contributed by atoms with Gasteiger partial charge in [-0.1, -0.05) is 48.9 Å². The number of pyridine rings is 1. The Morgan fingerprint density at radius 3 is 2.42 bits per heavy atom. The molecule has 0 saturated heterocycles. The highest BCUT2D eigenvalue weighted by molar-refractivity contribution is 7.19. The Kier molecular flexibility index (Phi) is 5.01. The molecule has 2 aromatic heterocycles. The van der Waals surface area contributed by atoms with Gasteiger partial charge in [-0.05, 0) is 29.7 Å². The summed E-state index contributed by atoms with van der Waals surface area (Å²) in [4.78, 5) is 21.1. The molecule has 0 aliphatic carbocycles. The second-order valence-corrected chi connectivity index (χ2v) is 6.56. The van der Waals surface area contributed by atoms with Crippen molar-refractivity contribution in [2.75, 3.05) is 5.32 Å². The fourth-order valence-corrected chi connectivity index (χ4v) is 3.58. The van der Waals surface area contributed by atoms with Crippen molar-refractivity contribution in [3.05, 3.63) is 54.4 Å². The topological polar surface area (TPSA) is 54.9 Å². The van der Waals surface area contributed by atoms with E-state index in [1.807, 2.05) is 12.1 Å². The van der Waals surface area contributed by atoms with Gasteiger partial charge in [0.1, 0.15) is 0 Å². The maximum absolute atomic E-state index is 11.4. The summed E-state index contributed by atoms with van der Waals surface area (Å²) in [5.41, 5.74) is 4.31. The highest BCUT2D eigenvalue weighted by Crippen LogP contribution is 2.38. The Hall–Kier alpha value is -2.53. The number of aromatic nitrogens is 2. The number of benzene rings is 1. The van der Waals surface area contributed by atoms with E-state index in [4.69, 9.17) is 0 Å². The average Bonchev–Trinajstić information content (AvgIpc) is 3.00. The maximum atomic E-state index is 11.4. The fourth-order valence-electron chi connectivity index (χ4n) is 2.54. The number of nitrogens with zero attached hydrogens (tertiary/aromatic N) is 2. The van der Waals surface area contributed by atoms with E-state index < -0.39 is 0 Å². The Bertz CT molecular complexity index is 826. The molecular formula is C19H19N3OS. The monoisotopic (exact) mass is 337 g/mol. The van der Waals surface area contributed by atoms with Crippen molar-refractivity contribution in [1.29, 1.82) is 0 Å². The molecule has 0 spiro atoms. The number of anilines is 1. The van der Waals surface area contributed by atoms with Crippen LogP contribution in [-0.2, 0) is 11.2 Å². The van der Waals surface area contributed by atoms with Gasteiger partial charge < -0.3 is 5.32 Å². The predicted molar refractivity (Wildman–Crippen MR) is 99.1 cm³/mol. The molecule has 122 valence electrons. The van der Waals surface area contributed by atoms with Crippen LogP contribution in [0.1, 0.15) is 25.8 Å². The molecule has 4 nitrogen and oxygen atoms in total. The molecule has 1 aromatic carbocycles. The molecule has 1 N–H and O–H groups in total. The highest BCUT2D eigenvalue weighted by atomic mass is 32.1. The zero-order chi connectivity index (χ0) is 16.9. The van der Waals surface area contributed by atoms with E-state index >= 15 is 0 Å². The first-order valence-corrected chi connectivity index (χ1v) is 8.77. The summed E-state index contributed by atoms with van der Waals surface area (Å²) < 4.78 is 0. The molecular weight excluding hydrogens is 318 g/mol. The molecule has 3 aromatic rings. The van der Waals surface area contributed by atoms with Gasteiger partial charge in [-0.3, -0.25) is 9.78 Å². The third-order valence-electron chi connectivity index (χ3n) is 3.62. The van der Waals surface area contributed by atoms with E-state index in [0.29, 0.717) is 5.13 Å². The first-order valence-electron chi connectivity index (χ1n) is 7.95. The van der Waals surface area contributed by atoms with Crippen LogP contribution in [-0.4, -0.2) is 15.9 Å². The molecule has 0 atom stereocenters. The van der Waals surface area contributed by atoms with Crippen molar-refractivity contribution >= 4 is 22.4 Å². The summed E-state index contributed by atoms with van der Waals surface area (Å²) >= 11 is 1.48. The zero-order valence-corrected chi connectivity index (χ0v) is 14.6. The lowest BCUT2D eigenvalue weighted by Crippen LogP contribution is -2.04. The number of nitrogens with one attached hydrogen (secondary N) is 1. The van der Waals surface area contributed by atoms with Crippen LogP contribution in [0.3, 0.4) is 0 Å². The molecule has 0 bridgehead atoms. The van der Waals surface area contributed by atoms with Crippen LogP contribution in [0.25, 0.3) is 21.7 Å². The molecule has 2 heterocycles. The van der Waals surface area contributed by atoms with Crippen LogP contribution in [0.5, 0.6) is 0 Å². The van der Waals surface area contributed by atoms with Crippen LogP contribution < -0.4 is 5.32 Å². The smallest absolute Gasteiger partial charge is 0.223 e.